The predicted molar refractivity (Wildman–Crippen MR) is 62.7 cm³/mol. The maximum atomic E-state index is 8.86. The summed E-state index contributed by atoms with van der Waals surface area (Å²) in [6.45, 7) is 0. The van der Waals surface area contributed by atoms with E-state index in [9.17, 15) is 0 Å². The van der Waals surface area contributed by atoms with Gasteiger partial charge in [0.1, 0.15) is 11.8 Å². The average Bonchev–Trinajstić information content (AvgIpc) is 2.82. The minimum Gasteiger partial charge on any atom is -0.303 e. The highest BCUT2D eigenvalue weighted by Gasteiger charge is 2.16. The Labute approximate surface area is 99.6 Å². The van der Waals surface area contributed by atoms with Crippen molar-refractivity contribution < 1.29 is 0 Å². The van der Waals surface area contributed by atoms with Crippen molar-refractivity contribution in [3.63, 3.8) is 0 Å². The van der Waals surface area contributed by atoms with E-state index >= 15 is 0 Å². The Hall–Kier alpha value is -2.15. The van der Waals surface area contributed by atoms with Crippen molar-refractivity contribution in [1.82, 2.24) is 14.5 Å². The number of aryl methyl sites for hydroxylation is 1. The first-order valence-electron chi connectivity index (χ1n) is 5.80. The summed E-state index contributed by atoms with van der Waals surface area (Å²) in [6.07, 6.45) is 8.10. The molecule has 84 valence electrons. The van der Waals surface area contributed by atoms with Crippen molar-refractivity contribution in [2.45, 2.75) is 25.7 Å². The van der Waals surface area contributed by atoms with Gasteiger partial charge in [-0.15, -0.1) is 0 Å². The van der Waals surface area contributed by atoms with Crippen molar-refractivity contribution in [3.05, 3.63) is 41.7 Å². The lowest BCUT2D eigenvalue weighted by molar-refractivity contribution is 0.656. The van der Waals surface area contributed by atoms with Crippen molar-refractivity contribution in [3.8, 4) is 11.8 Å². The molecule has 2 aromatic rings. The topological polar surface area (TPSA) is 54.5 Å². The van der Waals surface area contributed by atoms with Gasteiger partial charge in [0.15, 0.2) is 0 Å². The second-order valence-electron chi connectivity index (χ2n) is 4.23. The lowest BCUT2D eigenvalue weighted by atomic mass is 10.0. The number of pyridine rings is 1. The molecule has 0 aliphatic heterocycles. The highest BCUT2D eigenvalue weighted by molar-refractivity contribution is 5.39. The molecule has 2 aromatic heterocycles. The molecule has 2 heterocycles. The Kier molecular flexibility index (Phi) is 2.37. The van der Waals surface area contributed by atoms with Gasteiger partial charge in [0.05, 0.1) is 17.7 Å². The fraction of sp³-hybridized carbons (Fsp3) is 0.308. The first-order valence-corrected chi connectivity index (χ1v) is 5.80. The maximum absolute atomic E-state index is 8.86. The summed E-state index contributed by atoms with van der Waals surface area (Å²) < 4.78 is 2.08. The van der Waals surface area contributed by atoms with Crippen LogP contribution in [0.25, 0.3) is 5.69 Å². The van der Waals surface area contributed by atoms with Crippen LogP contribution in [0.1, 0.15) is 29.9 Å². The summed E-state index contributed by atoms with van der Waals surface area (Å²) in [5, 5.41) is 8.86. The zero-order chi connectivity index (χ0) is 11.7. The fourth-order valence-corrected chi connectivity index (χ4v) is 2.32. The Bertz CT molecular complexity index is 592. The summed E-state index contributed by atoms with van der Waals surface area (Å²) in [5.41, 5.74) is 3.91. The average molecular weight is 224 g/mol. The van der Waals surface area contributed by atoms with Gasteiger partial charge in [-0.1, -0.05) is 0 Å². The van der Waals surface area contributed by atoms with E-state index in [0.717, 1.165) is 18.5 Å². The highest BCUT2D eigenvalue weighted by atomic mass is 15.1. The van der Waals surface area contributed by atoms with Crippen LogP contribution in [-0.2, 0) is 12.8 Å². The van der Waals surface area contributed by atoms with Gasteiger partial charge in [0.25, 0.3) is 0 Å². The Morgan fingerprint density at radius 1 is 1.24 bits per heavy atom. The number of nitriles is 1. The minimum absolute atomic E-state index is 0.445. The monoisotopic (exact) mass is 224 g/mol. The Balaban J connectivity index is 2.09. The molecule has 0 spiro atoms. The van der Waals surface area contributed by atoms with Crippen LogP contribution in [0.3, 0.4) is 0 Å². The van der Waals surface area contributed by atoms with Gasteiger partial charge in [-0.05, 0) is 37.8 Å². The first-order chi connectivity index (χ1) is 8.38. The van der Waals surface area contributed by atoms with E-state index < -0.39 is 0 Å². The zero-order valence-corrected chi connectivity index (χ0v) is 9.43. The van der Waals surface area contributed by atoms with Crippen LogP contribution in [0.2, 0.25) is 0 Å². The van der Waals surface area contributed by atoms with Crippen molar-refractivity contribution in [2.24, 2.45) is 0 Å². The van der Waals surface area contributed by atoms with Crippen molar-refractivity contribution >= 4 is 0 Å². The zero-order valence-electron chi connectivity index (χ0n) is 9.43. The van der Waals surface area contributed by atoms with Gasteiger partial charge in [0.2, 0.25) is 0 Å². The van der Waals surface area contributed by atoms with Gasteiger partial charge in [-0.2, -0.15) is 5.26 Å². The summed E-state index contributed by atoms with van der Waals surface area (Å²) in [7, 11) is 0. The normalized spacial score (nSPS) is 14.1. The van der Waals surface area contributed by atoms with E-state index in [1.807, 2.05) is 12.4 Å². The summed E-state index contributed by atoms with van der Waals surface area (Å²) >= 11 is 0. The fourth-order valence-electron chi connectivity index (χ4n) is 2.32. The van der Waals surface area contributed by atoms with E-state index in [2.05, 4.69) is 20.6 Å². The molecular weight excluding hydrogens is 212 g/mol. The van der Waals surface area contributed by atoms with Gasteiger partial charge in [0, 0.05) is 11.9 Å². The largest absolute Gasteiger partial charge is 0.303 e. The van der Waals surface area contributed by atoms with Crippen LogP contribution >= 0.6 is 0 Å². The smallest absolute Gasteiger partial charge is 0.142 e. The first kappa shape index (κ1) is 10.0. The lowest BCUT2D eigenvalue weighted by Crippen LogP contribution is -2.07. The molecule has 0 bridgehead atoms. The molecule has 4 nitrogen and oxygen atoms in total. The van der Waals surface area contributed by atoms with Crippen LogP contribution in [0.4, 0.5) is 0 Å². The summed E-state index contributed by atoms with van der Waals surface area (Å²) in [4.78, 5) is 8.43. The predicted octanol–water partition coefficient (Wildman–Crippen LogP) is 2.02. The van der Waals surface area contributed by atoms with Crippen LogP contribution < -0.4 is 0 Å². The number of nitrogens with zero attached hydrogens (tertiary/aromatic N) is 4. The Morgan fingerprint density at radius 2 is 2.12 bits per heavy atom. The van der Waals surface area contributed by atoms with Gasteiger partial charge < -0.3 is 4.57 Å². The minimum atomic E-state index is 0.445. The van der Waals surface area contributed by atoms with Gasteiger partial charge >= 0.3 is 0 Å². The van der Waals surface area contributed by atoms with E-state index in [4.69, 9.17) is 5.26 Å². The standard InChI is InChI=1S/C13H12N4/c14-8-10-7-11(5-6-15-10)17-9-16-12-3-1-2-4-13(12)17/h5-7,9H,1-4H2. The van der Waals surface area contributed by atoms with E-state index in [1.165, 1.54) is 24.2 Å². The number of hydrogen-bond donors (Lipinski definition) is 0. The number of fused-ring (bicyclic) bond motifs is 1. The molecule has 0 N–H and O–H groups in total. The molecule has 0 saturated heterocycles. The molecule has 0 saturated carbocycles. The maximum Gasteiger partial charge on any atom is 0.142 e. The quantitative estimate of drug-likeness (QED) is 0.744. The van der Waals surface area contributed by atoms with E-state index in [0.29, 0.717) is 5.69 Å². The molecule has 3 rings (SSSR count). The second kappa shape index (κ2) is 4.02. The third kappa shape index (κ3) is 1.70. The molecule has 0 fully saturated rings. The third-order valence-electron chi connectivity index (χ3n) is 3.17. The van der Waals surface area contributed by atoms with Gasteiger partial charge in [-0.25, -0.2) is 9.97 Å². The number of hydrogen-bond acceptors (Lipinski definition) is 3. The molecule has 0 amide bonds. The number of imidazole rings is 1. The third-order valence-corrected chi connectivity index (χ3v) is 3.17. The van der Waals surface area contributed by atoms with E-state index in [1.54, 1.807) is 12.3 Å². The molecule has 1 aliphatic rings. The molecule has 0 unspecified atom stereocenters. The van der Waals surface area contributed by atoms with Crippen LogP contribution in [-0.4, -0.2) is 14.5 Å². The van der Waals surface area contributed by atoms with Crippen LogP contribution in [0.5, 0.6) is 0 Å². The molecule has 0 radical (unpaired) electrons. The van der Waals surface area contributed by atoms with Crippen LogP contribution in [0, 0.1) is 11.3 Å². The highest BCUT2D eigenvalue weighted by Crippen LogP contribution is 2.22. The molecule has 17 heavy (non-hydrogen) atoms. The molecule has 1 aliphatic carbocycles. The number of aromatic nitrogens is 3. The van der Waals surface area contributed by atoms with Crippen molar-refractivity contribution in [1.29, 1.82) is 5.26 Å². The van der Waals surface area contributed by atoms with Crippen LogP contribution in [0.15, 0.2) is 24.7 Å². The molecule has 4 heteroatoms. The Morgan fingerprint density at radius 3 is 3.00 bits per heavy atom. The molecular formula is C13H12N4. The second-order valence-corrected chi connectivity index (χ2v) is 4.23. The summed E-state index contributed by atoms with van der Waals surface area (Å²) in [6, 6.07) is 5.78. The molecule has 0 aromatic carbocycles. The number of rotatable bonds is 1. The van der Waals surface area contributed by atoms with E-state index in [-0.39, 0.29) is 0 Å². The van der Waals surface area contributed by atoms with Crippen molar-refractivity contribution in [2.75, 3.05) is 0 Å². The molecule has 0 atom stereocenters. The van der Waals surface area contributed by atoms with Gasteiger partial charge in [-0.3, -0.25) is 0 Å². The summed E-state index contributed by atoms with van der Waals surface area (Å²) in [5.74, 6) is 0. The lowest BCUT2D eigenvalue weighted by Gasteiger charge is -2.13. The SMILES string of the molecule is N#Cc1cc(-n2cnc3c2CCCC3)ccn1.